The maximum atomic E-state index is 13.0. The van der Waals surface area contributed by atoms with Crippen molar-refractivity contribution in [3.63, 3.8) is 0 Å². The van der Waals surface area contributed by atoms with Crippen LogP contribution < -0.4 is 0 Å². The Balaban J connectivity index is 1.78. The lowest BCUT2D eigenvalue weighted by molar-refractivity contribution is -0.139. The predicted octanol–water partition coefficient (Wildman–Crippen LogP) is 2.66. The molecule has 1 aromatic heterocycles. The van der Waals surface area contributed by atoms with Gasteiger partial charge in [0, 0.05) is 32.4 Å². The zero-order valence-corrected chi connectivity index (χ0v) is 14.7. The first-order valence-electron chi connectivity index (χ1n) is 8.72. The van der Waals surface area contributed by atoms with Crippen molar-refractivity contribution in [2.24, 2.45) is 0 Å². The molecule has 2 aromatic rings. The molecule has 1 amide bonds. The van der Waals surface area contributed by atoms with Gasteiger partial charge in [-0.25, -0.2) is 0 Å². The largest absolute Gasteiger partial charge is 0.342 e. The molecule has 1 aliphatic rings. The summed E-state index contributed by atoms with van der Waals surface area (Å²) < 4.78 is 2.02. The van der Waals surface area contributed by atoms with Crippen molar-refractivity contribution in [3.8, 4) is 0 Å². The molecule has 1 aliphatic heterocycles. The van der Waals surface area contributed by atoms with Gasteiger partial charge in [0.25, 0.3) is 0 Å². The lowest BCUT2D eigenvalue weighted by Crippen LogP contribution is -2.53. The molecule has 0 bridgehead atoms. The lowest BCUT2D eigenvalue weighted by Gasteiger charge is -2.44. The number of hydrogen-bond donors (Lipinski definition) is 0. The van der Waals surface area contributed by atoms with Gasteiger partial charge < -0.3 is 4.90 Å². The van der Waals surface area contributed by atoms with Crippen LogP contribution in [-0.2, 0) is 4.79 Å². The molecule has 1 aromatic carbocycles. The average Bonchev–Trinajstić information content (AvgIpc) is 2.98. The Hall–Kier alpha value is -2.14. The van der Waals surface area contributed by atoms with E-state index in [9.17, 15) is 4.79 Å². The highest BCUT2D eigenvalue weighted by atomic mass is 16.2. The molecular weight excluding hydrogens is 300 g/mol. The van der Waals surface area contributed by atoms with E-state index in [2.05, 4.69) is 35.3 Å². The summed E-state index contributed by atoms with van der Waals surface area (Å²) in [5, 5.41) is 4.41. The smallest absolute Gasteiger partial charge is 0.244 e. The number of nitrogens with zero attached hydrogens (tertiary/aromatic N) is 4. The van der Waals surface area contributed by atoms with E-state index in [-0.39, 0.29) is 11.9 Å². The maximum Gasteiger partial charge on any atom is 0.244 e. The third-order valence-corrected chi connectivity index (χ3v) is 4.78. The molecule has 5 heteroatoms. The molecule has 0 N–H and O–H groups in total. The number of aryl methyl sites for hydroxylation is 1. The first-order chi connectivity index (χ1) is 11.6. The summed E-state index contributed by atoms with van der Waals surface area (Å²) in [7, 11) is 0. The summed E-state index contributed by atoms with van der Waals surface area (Å²) in [6, 6.07) is 10.3. The van der Waals surface area contributed by atoms with Crippen molar-refractivity contribution in [1.29, 1.82) is 0 Å². The van der Waals surface area contributed by atoms with Crippen LogP contribution in [0.5, 0.6) is 0 Å². The molecule has 2 heterocycles. The summed E-state index contributed by atoms with van der Waals surface area (Å²) in [4.78, 5) is 17.2. The Morgan fingerprint density at radius 3 is 2.46 bits per heavy atom. The van der Waals surface area contributed by atoms with E-state index in [4.69, 9.17) is 0 Å². The van der Waals surface area contributed by atoms with Crippen LogP contribution in [0.15, 0.2) is 42.7 Å². The summed E-state index contributed by atoms with van der Waals surface area (Å²) >= 11 is 0. The molecule has 3 rings (SSSR count). The van der Waals surface area contributed by atoms with Crippen molar-refractivity contribution < 1.29 is 4.79 Å². The summed E-state index contributed by atoms with van der Waals surface area (Å²) in [5.41, 5.74) is 2.25. The fraction of sp³-hybridized carbons (Fsp3) is 0.474. The number of carbonyl (C=O) groups excluding carboxylic acids is 1. The topological polar surface area (TPSA) is 41.4 Å². The van der Waals surface area contributed by atoms with Crippen molar-refractivity contribution in [1.82, 2.24) is 19.6 Å². The summed E-state index contributed by atoms with van der Waals surface area (Å²) in [5.74, 6) is 0.196. The van der Waals surface area contributed by atoms with Crippen molar-refractivity contribution >= 4 is 5.91 Å². The van der Waals surface area contributed by atoms with Gasteiger partial charge in [-0.2, -0.15) is 5.10 Å². The standard InChI is InChI=1S/C19H26N4O/c1-4-21(5-2)19(24)18(16-9-7-6-8-10-16)22-13-17(14-22)23-12-15(3)11-20-23/h6-12,17-18H,4-5,13-14H2,1-3H3/t18-/m0/s1. The number of benzene rings is 1. The first kappa shape index (κ1) is 16.7. The number of rotatable bonds is 6. The highest BCUT2D eigenvalue weighted by molar-refractivity contribution is 5.83. The fourth-order valence-corrected chi connectivity index (χ4v) is 3.35. The number of likely N-dealkylation sites (N-methyl/N-ethyl adjacent to an activating group) is 1. The van der Waals surface area contributed by atoms with E-state index in [0.717, 1.165) is 31.7 Å². The van der Waals surface area contributed by atoms with Gasteiger partial charge in [0.1, 0.15) is 6.04 Å². The number of hydrogen-bond acceptors (Lipinski definition) is 3. The van der Waals surface area contributed by atoms with Crippen LogP contribution >= 0.6 is 0 Å². The fourth-order valence-electron chi connectivity index (χ4n) is 3.35. The molecule has 0 unspecified atom stereocenters. The average molecular weight is 326 g/mol. The van der Waals surface area contributed by atoms with E-state index >= 15 is 0 Å². The molecular formula is C19H26N4O. The molecule has 24 heavy (non-hydrogen) atoms. The van der Waals surface area contributed by atoms with Crippen LogP contribution in [0, 0.1) is 6.92 Å². The van der Waals surface area contributed by atoms with E-state index in [1.807, 2.05) is 47.8 Å². The van der Waals surface area contributed by atoms with Gasteiger partial charge in [0.2, 0.25) is 5.91 Å². The van der Waals surface area contributed by atoms with Gasteiger partial charge in [-0.1, -0.05) is 30.3 Å². The Bertz CT molecular complexity index is 672. The van der Waals surface area contributed by atoms with E-state index in [0.29, 0.717) is 6.04 Å². The van der Waals surface area contributed by atoms with Crippen LogP contribution in [0.4, 0.5) is 0 Å². The molecule has 0 saturated carbocycles. The van der Waals surface area contributed by atoms with Crippen LogP contribution in [0.1, 0.15) is 37.1 Å². The Labute approximate surface area is 143 Å². The highest BCUT2D eigenvalue weighted by Gasteiger charge is 2.39. The number of amides is 1. The minimum Gasteiger partial charge on any atom is -0.342 e. The molecule has 128 valence electrons. The van der Waals surface area contributed by atoms with E-state index in [1.165, 1.54) is 5.56 Å². The molecule has 0 aliphatic carbocycles. The van der Waals surface area contributed by atoms with Gasteiger partial charge in [-0.05, 0) is 31.9 Å². The quantitative estimate of drug-likeness (QED) is 0.819. The zero-order chi connectivity index (χ0) is 17.1. The zero-order valence-electron chi connectivity index (χ0n) is 14.7. The van der Waals surface area contributed by atoms with Gasteiger partial charge in [-0.3, -0.25) is 14.4 Å². The van der Waals surface area contributed by atoms with Gasteiger partial charge in [0.05, 0.1) is 12.2 Å². The Morgan fingerprint density at radius 1 is 1.25 bits per heavy atom. The second-order valence-corrected chi connectivity index (χ2v) is 6.43. The minimum atomic E-state index is -0.195. The summed E-state index contributed by atoms with van der Waals surface area (Å²) in [6.07, 6.45) is 3.96. The van der Waals surface area contributed by atoms with Crippen LogP contribution in [0.2, 0.25) is 0 Å². The Kier molecular flexibility index (Phi) is 5.00. The second kappa shape index (κ2) is 7.18. The number of aromatic nitrogens is 2. The lowest BCUT2D eigenvalue weighted by atomic mass is 9.98. The summed E-state index contributed by atoms with van der Waals surface area (Å²) in [6.45, 7) is 9.32. The molecule has 1 atom stereocenters. The van der Waals surface area contributed by atoms with Crippen molar-refractivity contribution in [2.45, 2.75) is 32.9 Å². The van der Waals surface area contributed by atoms with Gasteiger partial charge >= 0.3 is 0 Å². The Morgan fingerprint density at radius 2 is 1.92 bits per heavy atom. The van der Waals surface area contributed by atoms with Gasteiger partial charge in [-0.15, -0.1) is 0 Å². The van der Waals surface area contributed by atoms with Gasteiger partial charge in [0.15, 0.2) is 0 Å². The van der Waals surface area contributed by atoms with Crippen LogP contribution in [0.25, 0.3) is 0 Å². The van der Waals surface area contributed by atoms with Crippen molar-refractivity contribution in [3.05, 3.63) is 53.9 Å². The predicted molar refractivity (Wildman–Crippen MR) is 94.7 cm³/mol. The van der Waals surface area contributed by atoms with E-state index in [1.54, 1.807) is 0 Å². The first-order valence-corrected chi connectivity index (χ1v) is 8.72. The van der Waals surface area contributed by atoms with E-state index < -0.39 is 0 Å². The number of carbonyl (C=O) groups is 1. The molecule has 1 saturated heterocycles. The maximum absolute atomic E-state index is 13.0. The normalized spacial score (nSPS) is 16.6. The third-order valence-electron chi connectivity index (χ3n) is 4.78. The number of likely N-dealkylation sites (tertiary alicyclic amines) is 1. The third kappa shape index (κ3) is 3.22. The molecule has 0 spiro atoms. The SMILES string of the molecule is CCN(CC)C(=O)[C@H](c1ccccc1)N1CC(n2cc(C)cn2)C1. The van der Waals surface area contributed by atoms with Crippen LogP contribution in [-0.4, -0.2) is 51.7 Å². The molecule has 5 nitrogen and oxygen atoms in total. The van der Waals surface area contributed by atoms with Crippen molar-refractivity contribution in [2.75, 3.05) is 26.2 Å². The minimum absolute atomic E-state index is 0.195. The monoisotopic (exact) mass is 326 g/mol. The second-order valence-electron chi connectivity index (χ2n) is 6.43. The molecule has 1 fully saturated rings. The van der Waals surface area contributed by atoms with Crippen LogP contribution in [0.3, 0.4) is 0 Å². The molecule has 0 radical (unpaired) electrons. The highest BCUT2D eigenvalue weighted by Crippen LogP contribution is 2.32.